The number of thioether (sulfide) groups is 1. The molecule has 5 rings (SSSR count). The van der Waals surface area contributed by atoms with Gasteiger partial charge in [0.25, 0.3) is 11.8 Å². The average Bonchev–Trinajstić information content (AvgIpc) is 3.43. The number of hydrogen-bond acceptors (Lipinski definition) is 7. The highest BCUT2D eigenvalue weighted by atomic mass is 32.2. The van der Waals surface area contributed by atoms with E-state index in [0.717, 1.165) is 17.2 Å². The number of aromatic nitrogens is 3. The predicted octanol–water partition coefficient (Wildman–Crippen LogP) is 4.19. The van der Waals surface area contributed by atoms with Crippen molar-refractivity contribution < 1.29 is 14.4 Å². The second-order valence-corrected chi connectivity index (χ2v) is 9.54. The Hall–Kier alpha value is -4.44. The molecule has 4 aromatic rings. The smallest absolute Gasteiger partial charge is 0.259 e. The zero-order chi connectivity index (χ0) is 25.8. The Kier molecular flexibility index (Phi) is 7.00. The van der Waals surface area contributed by atoms with Crippen molar-refractivity contribution in [3.8, 4) is 5.69 Å². The molecule has 0 saturated heterocycles. The Balaban J connectivity index is 1.23. The summed E-state index contributed by atoms with van der Waals surface area (Å²) in [6.45, 7) is 2.53. The van der Waals surface area contributed by atoms with E-state index < -0.39 is 11.8 Å². The Morgan fingerprint density at radius 2 is 1.65 bits per heavy atom. The predicted molar refractivity (Wildman–Crippen MR) is 142 cm³/mol. The minimum Gasteiger partial charge on any atom is -0.378 e. The van der Waals surface area contributed by atoms with Gasteiger partial charge in [0, 0.05) is 29.2 Å². The summed E-state index contributed by atoms with van der Waals surface area (Å²) in [6, 6.07) is 22.7. The summed E-state index contributed by atoms with van der Waals surface area (Å²) >= 11 is 1.44. The van der Waals surface area contributed by atoms with E-state index in [1.807, 2.05) is 66.1 Å². The third-order valence-corrected chi connectivity index (χ3v) is 6.73. The zero-order valence-electron chi connectivity index (χ0n) is 20.0. The first-order valence-electron chi connectivity index (χ1n) is 11.7. The summed E-state index contributed by atoms with van der Waals surface area (Å²) in [5, 5.41) is 17.9. The van der Waals surface area contributed by atoms with Crippen LogP contribution in [0.15, 0.2) is 78.0 Å². The van der Waals surface area contributed by atoms with Crippen molar-refractivity contribution in [1.82, 2.24) is 20.1 Å². The third-order valence-electron chi connectivity index (χ3n) is 5.80. The second-order valence-electron chi connectivity index (χ2n) is 8.48. The monoisotopic (exact) mass is 512 g/mol. The number of anilines is 2. The van der Waals surface area contributed by atoms with Gasteiger partial charge in [0.1, 0.15) is 0 Å². The highest BCUT2D eigenvalue weighted by Gasteiger charge is 2.26. The number of nitrogens with one attached hydrogen (secondary N) is 3. The lowest BCUT2D eigenvalue weighted by atomic mass is 10.1. The molecule has 0 unspecified atom stereocenters. The minimum absolute atomic E-state index is 0.204. The summed E-state index contributed by atoms with van der Waals surface area (Å²) in [5.41, 5.74) is 4.16. The van der Waals surface area contributed by atoms with Crippen molar-refractivity contribution in [1.29, 1.82) is 0 Å². The van der Waals surface area contributed by atoms with Gasteiger partial charge in [0.15, 0.2) is 11.0 Å². The van der Waals surface area contributed by atoms with Gasteiger partial charge in [0.05, 0.1) is 17.7 Å². The van der Waals surface area contributed by atoms with Crippen molar-refractivity contribution in [2.24, 2.45) is 0 Å². The first kappa shape index (κ1) is 24.3. The van der Waals surface area contributed by atoms with Gasteiger partial charge in [-0.05, 0) is 49.4 Å². The lowest BCUT2D eigenvalue weighted by molar-refractivity contribution is -0.115. The first-order chi connectivity index (χ1) is 18.0. The van der Waals surface area contributed by atoms with Crippen molar-refractivity contribution in [3.05, 3.63) is 95.3 Å². The van der Waals surface area contributed by atoms with Gasteiger partial charge in [-0.25, -0.2) is 0 Å². The number of hydrogen-bond donors (Lipinski definition) is 3. The van der Waals surface area contributed by atoms with Crippen LogP contribution in [-0.4, -0.2) is 38.2 Å². The number of benzene rings is 3. The van der Waals surface area contributed by atoms with Gasteiger partial charge in [-0.1, -0.05) is 47.7 Å². The summed E-state index contributed by atoms with van der Waals surface area (Å²) in [6.07, 6.45) is 0.228. The van der Waals surface area contributed by atoms with Crippen LogP contribution in [0.2, 0.25) is 0 Å². The van der Waals surface area contributed by atoms with Crippen molar-refractivity contribution in [2.75, 3.05) is 16.4 Å². The molecule has 0 atom stereocenters. The highest BCUT2D eigenvalue weighted by Crippen LogP contribution is 2.24. The number of amides is 3. The number of para-hydroxylation sites is 1. The molecule has 3 amide bonds. The van der Waals surface area contributed by atoms with Crippen LogP contribution in [0.25, 0.3) is 5.69 Å². The summed E-state index contributed by atoms with van der Waals surface area (Å²) in [5.74, 6) is 0.144. The topological polar surface area (TPSA) is 118 Å². The molecule has 9 nitrogen and oxygen atoms in total. The van der Waals surface area contributed by atoms with E-state index in [0.29, 0.717) is 28.7 Å². The number of imide groups is 1. The van der Waals surface area contributed by atoms with Crippen LogP contribution in [-0.2, 0) is 11.3 Å². The van der Waals surface area contributed by atoms with E-state index in [4.69, 9.17) is 0 Å². The molecule has 1 aromatic heterocycles. The molecule has 186 valence electrons. The summed E-state index contributed by atoms with van der Waals surface area (Å²) < 4.78 is 1.99. The number of carbonyl (C=O) groups excluding carboxylic acids is 3. The summed E-state index contributed by atoms with van der Waals surface area (Å²) in [4.78, 5) is 36.1. The number of rotatable bonds is 9. The van der Waals surface area contributed by atoms with Crippen LogP contribution in [0.4, 0.5) is 11.4 Å². The van der Waals surface area contributed by atoms with Crippen molar-refractivity contribution in [2.45, 2.75) is 25.0 Å². The zero-order valence-corrected chi connectivity index (χ0v) is 20.8. The molecular formula is C27H24N6O3S. The van der Waals surface area contributed by atoms with Crippen LogP contribution in [0, 0.1) is 6.92 Å². The second kappa shape index (κ2) is 10.7. The van der Waals surface area contributed by atoms with E-state index in [1.165, 1.54) is 29.5 Å². The SMILES string of the molecule is Cc1ccc(NCc2nnc(SCCC(=O)Nc3ccc4c(c3)C(=O)NC4=O)n2-c2ccccc2)cc1. The fraction of sp³-hybridized carbons (Fsp3) is 0.148. The van der Waals surface area contributed by atoms with Gasteiger partial charge >= 0.3 is 0 Å². The fourth-order valence-electron chi connectivity index (χ4n) is 3.90. The average molecular weight is 513 g/mol. The molecule has 1 aliphatic heterocycles. The van der Waals surface area contributed by atoms with Crippen molar-refractivity contribution >= 4 is 40.9 Å². The van der Waals surface area contributed by atoms with E-state index in [2.05, 4.69) is 26.1 Å². The van der Waals surface area contributed by atoms with Gasteiger partial charge < -0.3 is 10.6 Å². The van der Waals surface area contributed by atoms with Crippen LogP contribution in [0.1, 0.15) is 38.5 Å². The largest absolute Gasteiger partial charge is 0.378 e. The molecule has 0 spiro atoms. The summed E-state index contributed by atoms with van der Waals surface area (Å²) in [7, 11) is 0. The maximum absolute atomic E-state index is 12.5. The molecule has 1 aliphatic rings. The van der Waals surface area contributed by atoms with Crippen LogP contribution in [0.3, 0.4) is 0 Å². The number of fused-ring (bicyclic) bond motifs is 1. The Bertz CT molecular complexity index is 1470. The molecule has 3 N–H and O–H groups in total. The third kappa shape index (κ3) is 5.54. The highest BCUT2D eigenvalue weighted by molar-refractivity contribution is 7.99. The number of nitrogens with zero attached hydrogens (tertiary/aromatic N) is 3. The molecule has 3 aromatic carbocycles. The molecule has 0 aliphatic carbocycles. The lowest BCUT2D eigenvalue weighted by Gasteiger charge is -2.11. The van der Waals surface area contributed by atoms with Gasteiger partial charge in [0.2, 0.25) is 5.91 Å². The van der Waals surface area contributed by atoms with Gasteiger partial charge in [-0.15, -0.1) is 10.2 Å². The first-order valence-corrected chi connectivity index (χ1v) is 12.7. The van der Waals surface area contributed by atoms with Crippen LogP contribution < -0.4 is 16.0 Å². The van der Waals surface area contributed by atoms with E-state index >= 15 is 0 Å². The molecule has 10 heteroatoms. The van der Waals surface area contributed by atoms with E-state index in [-0.39, 0.29) is 17.9 Å². The lowest BCUT2D eigenvalue weighted by Crippen LogP contribution is -2.19. The maximum Gasteiger partial charge on any atom is 0.259 e. The maximum atomic E-state index is 12.5. The molecule has 0 bridgehead atoms. The Morgan fingerprint density at radius 3 is 2.43 bits per heavy atom. The van der Waals surface area contributed by atoms with Gasteiger partial charge in [-0.3, -0.25) is 24.3 Å². The Labute approximate surface area is 217 Å². The van der Waals surface area contributed by atoms with E-state index in [1.54, 1.807) is 6.07 Å². The quantitative estimate of drug-likeness (QED) is 0.227. The molecule has 2 heterocycles. The molecule has 0 radical (unpaired) electrons. The fourth-order valence-corrected chi connectivity index (χ4v) is 4.81. The molecule has 0 saturated carbocycles. The standard InChI is InChI=1S/C27H24N6O3S/c1-17-7-9-18(10-8-17)28-16-23-31-32-27(33(23)20-5-3-2-4-6-20)37-14-13-24(34)29-19-11-12-21-22(15-19)26(36)30-25(21)35/h2-12,15,28H,13-14,16H2,1H3,(H,29,34)(H,30,35,36). The normalized spacial score (nSPS) is 12.2. The molecule has 37 heavy (non-hydrogen) atoms. The molecule has 0 fully saturated rings. The number of aryl methyl sites for hydroxylation is 1. The minimum atomic E-state index is -0.459. The van der Waals surface area contributed by atoms with Crippen LogP contribution in [0.5, 0.6) is 0 Å². The van der Waals surface area contributed by atoms with Crippen LogP contribution >= 0.6 is 11.8 Å². The number of carbonyl (C=O) groups is 3. The van der Waals surface area contributed by atoms with E-state index in [9.17, 15) is 14.4 Å². The van der Waals surface area contributed by atoms with Crippen molar-refractivity contribution in [3.63, 3.8) is 0 Å². The Morgan fingerprint density at radius 1 is 0.919 bits per heavy atom. The van der Waals surface area contributed by atoms with Gasteiger partial charge in [-0.2, -0.15) is 0 Å². The molecular weight excluding hydrogens is 488 g/mol.